The number of carbonyl (C=O) groups excluding carboxylic acids is 1. The van der Waals surface area contributed by atoms with Crippen LogP contribution in [0.3, 0.4) is 0 Å². The molecule has 0 bridgehead atoms. The Morgan fingerprint density at radius 1 is 1.41 bits per heavy atom. The Morgan fingerprint density at radius 2 is 2.12 bits per heavy atom. The van der Waals surface area contributed by atoms with Gasteiger partial charge in [0.05, 0.1) is 0 Å². The van der Waals surface area contributed by atoms with Crippen molar-refractivity contribution in [3.8, 4) is 0 Å². The number of likely N-dealkylation sites (tertiary alicyclic amines) is 1. The van der Waals surface area contributed by atoms with Crippen LogP contribution in [0.1, 0.15) is 12.0 Å². The number of amides is 1. The molecule has 1 unspecified atom stereocenters. The highest BCUT2D eigenvalue weighted by Gasteiger charge is 2.26. The van der Waals surface area contributed by atoms with Crippen molar-refractivity contribution >= 4 is 11.6 Å². The average molecular weight is 230 g/mol. The Hall–Kier alpha value is -1.77. The second-order valence-electron chi connectivity index (χ2n) is 4.53. The summed E-state index contributed by atoms with van der Waals surface area (Å²) in [5.74, 6) is 0.569. The molecule has 1 heterocycles. The number of rotatable bonds is 4. The van der Waals surface area contributed by atoms with E-state index in [-0.39, 0.29) is 5.91 Å². The summed E-state index contributed by atoms with van der Waals surface area (Å²) in [5, 5.41) is 0. The third-order valence-corrected chi connectivity index (χ3v) is 3.23. The molecular weight excluding hydrogens is 212 g/mol. The number of nitrogens with zero attached hydrogens (tertiary/aromatic N) is 1. The van der Waals surface area contributed by atoms with Crippen molar-refractivity contribution < 1.29 is 4.79 Å². The van der Waals surface area contributed by atoms with Crippen LogP contribution < -0.4 is 5.73 Å². The van der Waals surface area contributed by atoms with E-state index >= 15 is 0 Å². The molecule has 1 atom stereocenters. The van der Waals surface area contributed by atoms with Gasteiger partial charge in [0.25, 0.3) is 0 Å². The number of benzene rings is 1. The van der Waals surface area contributed by atoms with Gasteiger partial charge in [-0.25, -0.2) is 0 Å². The maximum atomic E-state index is 11.7. The summed E-state index contributed by atoms with van der Waals surface area (Å²) < 4.78 is 0. The third-order valence-electron chi connectivity index (χ3n) is 3.23. The third kappa shape index (κ3) is 2.87. The summed E-state index contributed by atoms with van der Waals surface area (Å²) in [4.78, 5) is 13.6. The predicted molar refractivity (Wildman–Crippen MR) is 69.4 cm³/mol. The zero-order valence-corrected chi connectivity index (χ0v) is 9.93. The van der Waals surface area contributed by atoms with Gasteiger partial charge in [-0.15, -0.1) is 6.58 Å². The van der Waals surface area contributed by atoms with Gasteiger partial charge < -0.3 is 10.6 Å². The molecule has 3 nitrogen and oxygen atoms in total. The van der Waals surface area contributed by atoms with Gasteiger partial charge in [0.1, 0.15) is 0 Å². The van der Waals surface area contributed by atoms with Gasteiger partial charge in [0, 0.05) is 31.1 Å². The SMILES string of the molecule is C=CC1CC(=O)N(CCc2ccc(N)cc2)C1. The lowest BCUT2D eigenvalue weighted by atomic mass is 10.1. The smallest absolute Gasteiger partial charge is 0.223 e. The number of hydrogen-bond acceptors (Lipinski definition) is 2. The fourth-order valence-corrected chi connectivity index (χ4v) is 2.13. The van der Waals surface area contributed by atoms with Crippen molar-refractivity contribution in [1.29, 1.82) is 0 Å². The topological polar surface area (TPSA) is 46.3 Å². The maximum Gasteiger partial charge on any atom is 0.223 e. The van der Waals surface area contributed by atoms with Crippen LogP contribution in [0.25, 0.3) is 0 Å². The Labute approximate surface area is 102 Å². The molecule has 0 aliphatic carbocycles. The van der Waals surface area contributed by atoms with Crippen LogP contribution in [0.2, 0.25) is 0 Å². The molecule has 1 aromatic carbocycles. The van der Waals surface area contributed by atoms with E-state index in [2.05, 4.69) is 6.58 Å². The lowest BCUT2D eigenvalue weighted by Gasteiger charge is -2.15. The summed E-state index contributed by atoms with van der Waals surface area (Å²) in [7, 11) is 0. The molecule has 2 rings (SSSR count). The van der Waals surface area contributed by atoms with Crippen LogP contribution in [-0.2, 0) is 11.2 Å². The molecule has 0 spiro atoms. The summed E-state index contributed by atoms with van der Waals surface area (Å²) in [6, 6.07) is 7.82. The first-order valence-electron chi connectivity index (χ1n) is 5.94. The van der Waals surface area contributed by atoms with Gasteiger partial charge in [-0.1, -0.05) is 18.2 Å². The molecular formula is C14H18N2O. The molecule has 90 valence electrons. The highest BCUT2D eigenvalue weighted by molar-refractivity contribution is 5.79. The van der Waals surface area contributed by atoms with Crippen molar-refractivity contribution in [3.63, 3.8) is 0 Å². The van der Waals surface area contributed by atoms with Gasteiger partial charge in [0.2, 0.25) is 5.91 Å². The Kier molecular flexibility index (Phi) is 3.47. The number of anilines is 1. The van der Waals surface area contributed by atoms with E-state index in [4.69, 9.17) is 5.73 Å². The van der Waals surface area contributed by atoms with Crippen molar-refractivity contribution in [1.82, 2.24) is 4.90 Å². The van der Waals surface area contributed by atoms with Gasteiger partial charge >= 0.3 is 0 Å². The highest BCUT2D eigenvalue weighted by atomic mass is 16.2. The molecule has 2 N–H and O–H groups in total. The highest BCUT2D eigenvalue weighted by Crippen LogP contribution is 2.18. The average Bonchev–Trinajstić information content (AvgIpc) is 2.69. The standard InChI is InChI=1S/C14H18N2O/c1-2-11-9-14(17)16(10-11)8-7-12-3-5-13(15)6-4-12/h2-6,11H,1,7-10,15H2. The van der Waals surface area contributed by atoms with E-state index in [1.807, 2.05) is 35.2 Å². The molecule has 17 heavy (non-hydrogen) atoms. The molecule has 1 aromatic rings. The monoisotopic (exact) mass is 230 g/mol. The van der Waals surface area contributed by atoms with Crippen molar-refractivity contribution in [2.75, 3.05) is 18.8 Å². The van der Waals surface area contributed by atoms with Crippen LogP contribution in [0.4, 0.5) is 5.69 Å². The predicted octanol–water partition coefficient (Wildman–Crippen LogP) is 1.85. The van der Waals surface area contributed by atoms with Gasteiger partial charge in [-0.2, -0.15) is 0 Å². The Bertz CT molecular complexity index is 411. The summed E-state index contributed by atoms with van der Waals surface area (Å²) in [6.45, 7) is 5.35. The Morgan fingerprint density at radius 3 is 2.71 bits per heavy atom. The second kappa shape index (κ2) is 5.04. The molecule has 1 aliphatic rings. The second-order valence-corrected chi connectivity index (χ2v) is 4.53. The maximum absolute atomic E-state index is 11.7. The lowest BCUT2D eigenvalue weighted by Crippen LogP contribution is -2.27. The quantitative estimate of drug-likeness (QED) is 0.633. The minimum atomic E-state index is 0.241. The number of nitrogen functional groups attached to an aromatic ring is 1. The van der Waals surface area contributed by atoms with Gasteiger partial charge in [0.15, 0.2) is 0 Å². The van der Waals surface area contributed by atoms with Crippen LogP contribution in [0.5, 0.6) is 0 Å². The van der Waals surface area contributed by atoms with Crippen molar-refractivity contribution in [2.24, 2.45) is 5.92 Å². The minimum Gasteiger partial charge on any atom is -0.399 e. The van der Waals surface area contributed by atoms with E-state index in [1.165, 1.54) is 5.56 Å². The molecule has 0 saturated carbocycles. The first-order valence-corrected chi connectivity index (χ1v) is 5.94. The summed E-state index contributed by atoms with van der Waals surface area (Å²) >= 11 is 0. The molecule has 3 heteroatoms. The molecule has 1 saturated heterocycles. The zero-order valence-electron chi connectivity index (χ0n) is 9.93. The van der Waals surface area contributed by atoms with Crippen molar-refractivity contribution in [2.45, 2.75) is 12.8 Å². The van der Waals surface area contributed by atoms with Gasteiger partial charge in [-0.3, -0.25) is 4.79 Å². The van der Waals surface area contributed by atoms with E-state index in [9.17, 15) is 4.79 Å². The first-order chi connectivity index (χ1) is 8.19. The van der Waals surface area contributed by atoms with E-state index in [0.29, 0.717) is 12.3 Å². The van der Waals surface area contributed by atoms with Crippen LogP contribution >= 0.6 is 0 Å². The molecule has 0 radical (unpaired) electrons. The largest absolute Gasteiger partial charge is 0.399 e. The van der Waals surface area contributed by atoms with Gasteiger partial charge in [-0.05, 0) is 24.1 Å². The van der Waals surface area contributed by atoms with E-state index in [0.717, 1.165) is 25.2 Å². The van der Waals surface area contributed by atoms with Crippen LogP contribution in [-0.4, -0.2) is 23.9 Å². The summed E-state index contributed by atoms with van der Waals surface area (Å²) in [5.41, 5.74) is 7.62. The lowest BCUT2D eigenvalue weighted by molar-refractivity contribution is -0.127. The molecule has 1 amide bonds. The fraction of sp³-hybridized carbons (Fsp3) is 0.357. The number of hydrogen-bond donors (Lipinski definition) is 1. The minimum absolute atomic E-state index is 0.241. The molecule has 1 aliphatic heterocycles. The normalized spacial score (nSPS) is 19.6. The Balaban J connectivity index is 1.88. The van der Waals surface area contributed by atoms with Crippen molar-refractivity contribution in [3.05, 3.63) is 42.5 Å². The zero-order chi connectivity index (χ0) is 12.3. The first kappa shape index (κ1) is 11.7. The molecule has 1 fully saturated rings. The molecule has 0 aromatic heterocycles. The van der Waals surface area contributed by atoms with Crippen LogP contribution in [0.15, 0.2) is 36.9 Å². The number of carbonyl (C=O) groups is 1. The van der Waals surface area contributed by atoms with E-state index < -0.39 is 0 Å². The fourth-order valence-electron chi connectivity index (χ4n) is 2.13. The number of nitrogens with two attached hydrogens (primary N) is 1. The summed E-state index contributed by atoms with van der Waals surface area (Å²) in [6.07, 6.45) is 3.38. The van der Waals surface area contributed by atoms with Crippen LogP contribution in [0, 0.1) is 5.92 Å². The van der Waals surface area contributed by atoms with E-state index in [1.54, 1.807) is 0 Å².